The van der Waals surface area contributed by atoms with Crippen LogP contribution < -0.4 is 5.32 Å². The molecule has 1 N–H and O–H groups in total. The van der Waals surface area contributed by atoms with Gasteiger partial charge in [-0.25, -0.2) is 4.98 Å². The first-order valence-electron chi connectivity index (χ1n) is 9.21. The fourth-order valence-corrected chi connectivity index (χ4v) is 3.34. The number of fused-ring (bicyclic) bond motifs is 1. The van der Waals surface area contributed by atoms with Gasteiger partial charge in [0, 0.05) is 11.6 Å². The van der Waals surface area contributed by atoms with Crippen molar-refractivity contribution in [3.8, 4) is 0 Å². The van der Waals surface area contributed by atoms with E-state index < -0.39 is 0 Å². The third-order valence-electron chi connectivity index (χ3n) is 5.07. The van der Waals surface area contributed by atoms with E-state index in [1.54, 1.807) is 0 Å². The van der Waals surface area contributed by atoms with Crippen LogP contribution in [-0.2, 0) is 0 Å². The molecule has 1 unspecified atom stereocenters. The van der Waals surface area contributed by atoms with Crippen molar-refractivity contribution in [2.45, 2.75) is 52.0 Å². The molecule has 0 spiro atoms. The summed E-state index contributed by atoms with van der Waals surface area (Å²) in [4.78, 5) is 17.7. The summed E-state index contributed by atoms with van der Waals surface area (Å²) in [7, 11) is 0. The number of nitrogens with zero attached hydrogens (tertiary/aromatic N) is 2. The summed E-state index contributed by atoms with van der Waals surface area (Å²) in [6.07, 6.45) is 3.06. The summed E-state index contributed by atoms with van der Waals surface area (Å²) in [6, 6.07) is 10.2. The zero-order valence-electron chi connectivity index (χ0n) is 15.4. The standard InChI is InChI=1S/C21H23N3O2/c1-4-17(14-7-5-12(2)6-8-14)22-20(25)16-11-18(15-9-10-15)23-21-19(16)13(3)24-26-21/h5-8,11,15,17H,4,9-10H2,1-3H3,(H,22,25). The highest BCUT2D eigenvalue weighted by Crippen LogP contribution is 2.40. The molecule has 134 valence electrons. The van der Waals surface area contributed by atoms with Gasteiger partial charge in [0.15, 0.2) is 0 Å². The zero-order valence-corrected chi connectivity index (χ0v) is 15.4. The Morgan fingerprint density at radius 1 is 1.27 bits per heavy atom. The van der Waals surface area contributed by atoms with Crippen LogP contribution in [0.2, 0.25) is 0 Å². The molecule has 0 radical (unpaired) electrons. The molecule has 1 amide bonds. The number of hydrogen-bond donors (Lipinski definition) is 1. The minimum atomic E-state index is -0.0991. The molecule has 3 aromatic rings. The third-order valence-corrected chi connectivity index (χ3v) is 5.07. The van der Waals surface area contributed by atoms with Gasteiger partial charge in [-0.1, -0.05) is 41.9 Å². The van der Waals surface area contributed by atoms with Crippen LogP contribution in [0.1, 0.15) is 71.0 Å². The second kappa shape index (κ2) is 6.56. The average molecular weight is 349 g/mol. The van der Waals surface area contributed by atoms with Crippen LogP contribution in [0.15, 0.2) is 34.9 Å². The van der Waals surface area contributed by atoms with Crippen LogP contribution in [0.25, 0.3) is 11.1 Å². The van der Waals surface area contributed by atoms with Gasteiger partial charge in [-0.15, -0.1) is 0 Å². The fourth-order valence-electron chi connectivity index (χ4n) is 3.34. The van der Waals surface area contributed by atoms with Gasteiger partial charge in [-0.2, -0.15) is 0 Å². The normalized spacial score (nSPS) is 15.2. The number of carbonyl (C=O) groups is 1. The van der Waals surface area contributed by atoms with Crippen molar-refractivity contribution in [1.82, 2.24) is 15.5 Å². The van der Waals surface area contributed by atoms with E-state index in [4.69, 9.17) is 4.52 Å². The van der Waals surface area contributed by atoms with E-state index in [1.165, 1.54) is 5.56 Å². The highest BCUT2D eigenvalue weighted by atomic mass is 16.5. The SMILES string of the molecule is CCC(NC(=O)c1cc(C2CC2)nc2onc(C)c12)c1ccc(C)cc1. The molecule has 0 bridgehead atoms. The lowest BCUT2D eigenvalue weighted by Crippen LogP contribution is -2.28. The van der Waals surface area contributed by atoms with Crippen molar-refractivity contribution in [3.63, 3.8) is 0 Å². The number of aromatic nitrogens is 2. The van der Waals surface area contributed by atoms with Gasteiger partial charge in [0.25, 0.3) is 11.6 Å². The zero-order chi connectivity index (χ0) is 18.3. The molecule has 1 fully saturated rings. The van der Waals surface area contributed by atoms with Crippen molar-refractivity contribution in [3.05, 3.63) is 58.4 Å². The highest BCUT2D eigenvalue weighted by Gasteiger charge is 2.29. The molecule has 2 heterocycles. The molecule has 2 aromatic heterocycles. The molecule has 5 nitrogen and oxygen atoms in total. The number of carbonyl (C=O) groups excluding carboxylic acids is 1. The fraction of sp³-hybridized carbons (Fsp3) is 0.381. The van der Waals surface area contributed by atoms with E-state index in [1.807, 2.05) is 13.0 Å². The summed E-state index contributed by atoms with van der Waals surface area (Å²) in [5.74, 6) is 0.341. The van der Waals surface area contributed by atoms with Crippen molar-refractivity contribution < 1.29 is 9.32 Å². The predicted octanol–water partition coefficient (Wildman–Crippen LogP) is 4.60. The number of hydrogen-bond acceptors (Lipinski definition) is 4. The van der Waals surface area contributed by atoms with Gasteiger partial charge < -0.3 is 9.84 Å². The summed E-state index contributed by atoms with van der Waals surface area (Å²) in [6.45, 7) is 5.98. The lowest BCUT2D eigenvalue weighted by Gasteiger charge is -2.18. The van der Waals surface area contributed by atoms with Gasteiger partial charge >= 0.3 is 0 Å². The van der Waals surface area contributed by atoms with Gasteiger partial charge in [-0.05, 0) is 44.7 Å². The van der Waals surface area contributed by atoms with Gasteiger partial charge in [0.1, 0.15) is 0 Å². The van der Waals surface area contributed by atoms with Crippen LogP contribution in [0, 0.1) is 13.8 Å². The topological polar surface area (TPSA) is 68.0 Å². The molecule has 1 aliphatic carbocycles. The molecular weight excluding hydrogens is 326 g/mol. The molecule has 0 aliphatic heterocycles. The van der Waals surface area contributed by atoms with Crippen molar-refractivity contribution in [2.75, 3.05) is 0 Å². The third kappa shape index (κ3) is 3.09. The second-order valence-electron chi connectivity index (χ2n) is 7.16. The molecule has 1 saturated carbocycles. The van der Waals surface area contributed by atoms with E-state index in [9.17, 15) is 4.79 Å². The van der Waals surface area contributed by atoms with Crippen LogP contribution in [0.4, 0.5) is 0 Å². The van der Waals surface area contributed by atoms with Crippen molar-refractivity contribution in [2.24, 2.45) is 0 Å². The molecule has 26 heavy (non-hydrogen) atoms. The summed E-state index contributed by atoms with van der Waals surface area (Å²) >= 11 is 0. The minimum Gasteiger partial charge on any atom is -0.345 e. The number of amides is 1. The summed E-state index contributed by atoms with van der Waals surface area (Å²) in [5, 5.41) is 7.90. The lowest BCUT2D eigenvalue weighted by atomic mass is 10.0. The Balaban J connectivity index is 1.68. The van der Waals surface area contributed by atoms with E-state index in [-0.39, 0.29) is 11.9 Å². The first-order valence-corrected chi connectivity index (χ1v) is 9.21. The Kier molecular flexibility index (Phi) is 4.23. The van der Waals surface area contributed by atoms with Crippen molar-refractivity contribution in [1.29, 1.82) is 0 Å². The average Bonchev–Trinajstić information content (AvgIpc) is 3.43. The Morgan fingerprint density at radius 3 is 2.65 bits per heavy atom. The molecule has 1 aliphatic rings. The molecule has 0 saturated heterocycles. The van der Waals surface area contributed by atoms with Gasteiger partial charge in [-0.3, -0.25) is 4.79 Å². The second-order valence-corrected chi connectivity index (χ2v) is 7.16. The first kappa shape index (κ1) is 16.8. The van der Waals surface area contributed by atoms with Crippen molar-refractivity contribution >= 4 is 17.0 Å². The summed E-state index contributed by atoms with van der Waals surface area (Å²) in [5.41, 5.74) is 5.02. The van der Waals surface area contributed by atoms with E-state index in [0.29, 0.717) is 28.3 Å². The maximum atomic E-state index is 13.1. The first-order chi connectivity index (χ1) is 12.6. The Morgan fingerprint density at radius 2 is 2.00 bits per heavy atom. The largest absolute Gasteiger partial charge is 0.345 e. The maximum Gasteiger partial charge on any atom is 0.259 e. The number of benzene rings is 1. The number of nitrogens with one attached hydrogen (secondary N) is 1. The Bertz CT molecular complexity index is 955. The monoisotopic (exact) mass is 349 g/mol. The van der Waals surface area contributed by atoms with E-state index >= 15 is 0 Å². The van der Waals surface area contributed by atoms with Crippen LogP contribution >= 0.6 is 0 Å². The molecular formula is C21H23N3O2. The van der Waals surface area contributed by atoms with Crippen LogP contribution in [0.3, 0.4) is 0 Å². The van der Waals surface area contributed by atoms with Gasteiger partial charge in [0.2, 0.25) is 0 Å². The van der Waals surface area contributed by atoms with E-state index in [2.05, 4.69) is 53.6 Å². The smallest absolute Gasteiger partial charge is 0.259 e. The predicted molar refractivity (Wildman–Crippen MR) is 100 cm³/mol. The quantitative estimate of drug-likeness (QED) is 0.731. The molecule has 4 rings (SSSR count). The maximum absolute atomic E-state index is 13.1. The highest BCUT2D eigenvalue weighted by molar-refractivity contribution is 6.06. The number of pyridine rings is 1. The minimum absolute atomic E-state index is 0.0316. The molecule has 1 aromatic carbocycles. The lowest BCUT2D eigenvalue weighted by molar-refractivity contribution is 0.0937. The van der Waals surface area contributed by atoms with Crippen LogP contribution in [0.5, 0.6) is 0 Å². The number of rotatable bonds is 5. The number of aryl methyl sites for hydroxylation is 2. The van der Waals surface area contributed by atoms with Gasteiger partial charge in [0.05, 0.1) is 22.7 Å². The van der Waals surface area contributed by atoms with Crippen LogP contribution in [-0.4, -0.2) is 16.0 Å². The summed E-state index contributed by atoms with van der Waals surface area (Å²) < 4.78 is 5.35. The Labute approximate surface area is 152 Å². The molecule has 1 atom stereocenters. The van der Waals surface area contributed by atoms with E-state index in [0.717, 1.165) is 30.5 Å². The Hall–Kier alpha value is -2.69. The molecule has 5 heteroatoms.